The van der Waals surface area contributed by atoms with Gasteiger partial charge in [-0.1, -0.05) is 12.1 Å². The zero-order valence-corrected chi connectivity index (χ0v) is 8.10. The summed E-state index contributed by atoms with van der Waals surface area (Å²) in [7, 11) is 1.83. The Hall–Kier alpha value is -1.84. The quantitative estimate of drug-likeness (QED) is 0.739. The van der Waals surface area contributed by atoms with E-state index < -0.39 is 0 Å². The molecule has 1 N–H and O–H groups in total. The Morgan fingerprint density at radius 1 is 1.29 bits per heavy atom. The molecule has 0 spiro atoms. The minimum Gasteiger partial charge on any atom is -0.507 e. The van der Waals surface area contributed by atoms with Crippen LogP contribution < -0.4 is 0 Å². The molecule has 14 heavy (non-hydrogen) atoms. The summed E-state index contributed by atoms with van der Waals surface area (Å²) in [6.07, 6.45) is 0. The monoisotopic (exact) mass is 189 g/mol. The Kier molecular flexibility index (Phi) is 1.96. The first-order valence-corrected chi connectivity index (χ1v) is 4.34. The van der Waals surface area contributed by atoms with Crippen LogP contribution in [0.15, 0.2) is 24.3 Å². The molecule has 0 saturated carbocycles. The third kappa shape index (κ3) is 1.35. The molecule has 0 aliphatic heterocycles. The summed E-state index contributed by atoms with van der Waals surface area (Å²) in [5, 5.41) is 13.8. The molecule has 0 aliphatic rings. The van der Waals surface area contributed by atoms with Gasteiger partial charge in [0.1, 0.15) is 11.6 Å². The predicted molar refractivity (Wildman–Crippen MR) is 52.8 cm³/mol. The number of hydrogen-bond acceptors (Lipinski definition) is 3. The van der Waals surface area contributed by atoms with Crippen molar-refractivity contribution in [2.75, 3.05) is 0 Å². The van der Waals surface area contributed by atoms with Crippen LogP contribution in [0.25, 0.3) is 11.4 Å². The van der Waals surface area contributed by atoms with Gasteiger partial charge in [0.2, 0.25) is 0 Å². The number of phenols is 1. The molecule has 1 aromatic carbocycles. The lowest BCUT2D eigenvalue weighted by Crippen LogP contribution is -1.92. The van der Waals surface area contributed by atoms with E-state index >= 15 is 0 Å². The van der Waals surface area contributed by atoms with E-state index in [-0.39, 0.29) is 5.75 Å². The average Bonchev–Trinajstić information content (AvgIpc) is 2.48. The van der Waals surface area contributed by atoms with Crippen LogP contribution in [0.2, 0.25) is 0 Å². The Morgan fingerprint density at radius 2 is 2.00 bits per heavy atom. The molecule has 0 atom stereocenters. The van der Waals surface area contributed by atoms with Crippen LogP contribution in [0, 0.1) is 6.92 Å². The maximum Gasteiger partial charge on any atom is 0.185 e. The Balaban J connectivity index is 2.55. The summed E-state index contributed by atoms with van der Waals surface area (Å²) in [6, 6.07) is 7.04. The third-order valence-electron chi connectivity index (χ3n) is 2.13. The molecular formula is C10H11N3O. The van der Waals surface area contributed by atoms with Crippen molar-refractivity contribution in [3.8, 4) is 17.1 Å². The van der Waals surface area contributed by atoms with E-state index in [2.05, 4.69) is 10.1 Å². The zero-order valence-electron chi connectivity index (χ0n) is 8.10. The molecule has 2 aromatic rings. The number of rotatable bonds is 1. The van der Waals surface area contributed by atoms with Crippen LogP contribution in [0.4, 0.5) is 0 Å². The van der Waals surface area contributed by atoms with Gasteiger partial charge in [-0.05, 0) is 19.1 Å². The minimum atomic E-state index is 0.207. The molecule has 0 fully saturated rings. The average molecular weight is 189 g/mol. The minimum absolute atomic E-state index is 0.207. The number of aryl methyl sites for hydroxylation is 2. The second kappa shape index (κ2) is 3.14. The molecule has 0 aliphatic carbocycles. The molecule has 0 radical (unpaired) electrons. The first kappa shape index (κ1) is 8.74. The molecule has 0 amide bonds. The van der Waals surface area contributed by atoms with E-state index in [1.165, 1.54) is 0 Å². The molecule has 1 aromatic heterocycles. The number of para-hydroxylation sites is 1. The van der Waals surface area contributed by atoms with Crippen molar-refractivity contribution in [1.82, 2.24) is 14.8 Å². The first-order valence-electron chi connectivity index (χ1n) is 4.34. The van der Waals surface area contributed by atoms with Crippen LogP contribution >= 0.6 is 0 Å². The second-order valence-corrected chi connectivity index (χ2v) is 3.12. The fourth-order valence-electron chi connectivity index (χ4n) is 1.24. The smallest absolute Gasteiger partial charge is 0.185 e. The van der Waals surface area contributed by atoms with Crippen LogP contribution in [0.5, 0.6) is 5.75 Å². The maximum atomic E-state index is 9.57. The number of phenolic OH excluding ortho intramolecular Hbond substituents is 1. The van der Waals surface area contributed by atoms with E-state index in [1.807, 2.05) is 20.0 Å². The summed E-state index contributed by atoms with van der Waals surface area (Å²) in [4.78, 5) is 4.23. The fourth-order valence-corrected chi connectivity index (χ4v) is 1.24. The van der Waals surface area contributed by atoms with Crippen molar-refractivity contribution in [3.63, 3.8) is 0 Å². The van der Waals surface area contributed by atoms with Crippen molar-refractivity contribution in [3.05, 3.63) is 30.1 Å². The largest absolute Gasteiger partial charge is 0.507 e. The van der Waals surface area contributed by atoms with E-state index in [4.69, 9.17) is 0 Å². The highest BCUT2D eigenvalue weighted by atomic mass is 16.3. The predicted octanol–water partition coefficient (Wildman–Crippen LogP) is 1.50. The summed E-state index contributed by atoms with van der Waals surface area (Å²) >= 11 is 0. The second-order valence-electron chi connectivity index (χ2n) is 3.12. The fraction of sp³-hybridized carbons (Fsp3) is 0.200. The molecule has 0 unspecified atom stereocenters. The number of aromatic hydroxyl groups is 1. The van der Waals surface area contributed by atoms with Crippen molar-refractivity contribution in [2.24, 2.45) is 7.05 Å². The molecule has 72 valence electrons. The number of aromatic nitrogens is 3. The van der Waals surface area contributed by atoms with Gasteiger partial charge >= 0.3 is 0 Å². The van der Waals surface area contributed by atoms with Gasteiger partial charge in [-0.25, -0.2) is 4.98 Å². The SMILES string of the molecule is Cc1nc(-c2ccccc2O)nn1C. The standard InChI is InChI=1S/C10H11N3O/c1-7-11-10(12-13(7)2)8-5-3-4-6-9(8)14/h3-6,14H,1-2H3. The molecule has 0 saturated heterocycles. The summed E-state index contributed by atoms with van der Waals surface area (Å²) < 4.78 is 1.68. The van der Waals surface area contributed by atoms with Crippen LogP contribution in [0.1, 0.15) is 5.82 Å². The van der Waals surface area contributed by atoms with E-state index in [9.17, 15) is 5.11 Å². The van der Waals surface area contributed by atoms with Gasteiger partial charge in [0, 0.05) is 7.05 Å². The number of nitrogens with zero attached hydrogens (tertiary/aromatic N) is 3. The van der Waals surface area contributed by atoms with Gasteiger partial charge in [-0.3, -0.25) is 4.68 Å². The first-order chi connectivity index (χ1) is 6.68. The van der Waals surface area contributed by atoms with Crippen LogP contribution in [-0.4, -0.2) is 19.9 Å². The van der Waals surface area contributed by atoms with E-state index in [1.54, 1.807) is 22.9 Å². The lowest BCUT2D eigenvalue weighted by atomic mass is 10.2. The Bertz CT molecular complexity index is 443. The lowest BCUT2D eigenvalue weighted by molar-refractivity contribution is 0.477. The lowest BCUT2D eigenvalue weighted by Gasteiger charge is -1.97. The highest BCUT2D eigenvalue weighted by Crippen LogP contribution is 2.25. The summed E-state index contributed by atoms with van der Waals surface area (Å²) in [5.41, 5.74) is 0.663. The highest BCUT2D eigenvalue weighted by Gasteiger charge is 2.09. The molecule has 1 heterocycles. The van der Waals surface area contributed by atoms with E-state index in [0.29, 0.717) is 11.4 Å². The maximum absolute atomic E-state index is 9.57. The van der Waals surface area contributed by atoms with Crippen LogP contribution in [-0.2, 0) is 7.05 Å². The third-order valence-corrected chi connectivity index (χ3v) is 2.13. The Labute approximate surface area is 81.8 Å². The molecule has 4 heteroatoms. The van der Waals surface area contributed by atoms with Gasteiger partial charge in [0.15, 0.2) is 5.82 Å². The molecule has 4 nitrogen and oxygen atoms in total. The van der Waals surface area contributed by atoms with Crippen molar-refractivity contribution in [2.45, 2.75) is 6.92 Å². The van der Waals surface area contributed by atoms with Gasteiger partial charge in [0.25, 0.3) is 0 Å². The van der Waals surface area contributed by atoms with Crippen molar-refractivity contribution in [1.29, 1.82) is 0 Å². The van der Waals surface area contributed by atoms with Crippen molar-refractivity contribution < 1.29 is 5.11 Å². The normalized spacial score (nSPS) is 10.4. The van der Waals surface area contributed by atoms with Crippen molar-refractivity contribution >= 4 is 0 Å². The van der Waals surface area contributed by atoms with Gasteiger partial charge < -0.3 is 5.11 Å². The molecule has 2 rings (SSSR count). The summed E-state index contributed by atoms with van der Waals surface area (Å²) in [5.74, 6) is 1.59. The molecular weight excluding hydrogens is 178 g/mol. The Morgan fingerprint density at radius 3 is 2.57 bits per heavy atom. The molecule has 0 bridgehead atoms. The van der Waals surface area contributed by atoms with Crippen LogP contribution in [0.3, 0.4) is 0 Å². The number of benzene rings is 1. The topological polar surface area (TPSA) is 50.9 Å². The van der Waals surface area contributed by atoms with Gasteiger partial charge in [0.05, 0.1) is 5.56 Å². The zero-order chi connectivity index (χ0) is 10.1. The highest BCUT2D eigenvalue weighted by molar-refractivity contribution is 5.62. The summed E-state index contributed by atoms with van der Waals surface area (Å²) in [6.45, 7) is 1.87. The van der Waals surface area contributed by atoms with E-state index in [0.717, 1.165) is 5.82 Å². The van der Waals surface area contributed by atoms with Gasteiger partial charge in [-0.15, -0.1) is 0 Å². The number of hydrogen-bond donors (Lipinski definition) is 1. The van der Waals surface area contributed by atoms with Gasteiger partial charge in [-0.2, -0.15) is 5.10 Å².